The summed E-state index contributed by atoms with van der Waals surface area (Å²) in [6, 6.07) is 12.8. The van der Waals surface area contributed by atoms with Crippen molar-refractivity contribution >= 4 is 50.6 Å². The first-order valence-corrected chi connectivity index (χ1v) is 9.65. The average molecular weight is 393 g/mol. The fourth-order valence-electron chi connectivity index (χ4n) is 2.58. The van der Waals surface area contributed by atoms with Gasteiger partial charge in [0, 0.05) is 18.1 Å². The van der Waals surface area contributed by atoms with Gasteiger partial charge in [0.2, 0.25) is 5.95 Å². The van der Waals surface area contributed by atoms with Crippen LogP contribution in [-0.4, -0.2) is 31.2 Å². The van der Waals surface area contributed by atoms with Crippen LogP contribution in [0.15, 0.2) is 47.4 Å². The molecule has 0 aliphatic heterocycles. The Morgan fingerprint density at radius 2 is 1.81 bits per heavy atom. The number of para-hydroxylation sites is 1. The lowest BCUT2D eigenvalue weighted by Gasteiger charge is -2.12. The molecule has 0 fully saturated rings. The third kappa shape index (κ3) is 3.89. The smallest absolute Gasteiger partial charge is 0.229 e. The third-order valence-corrected chi connectivity index (χ3v) is 5.76. The van der Waals surface area contributed by atoms with E-state index in [1.54, 1.807) is 25.1 Å². The number of hydrogen-bond acceptors (Lipinski definition) is 6. The molecule has 0 saturated carbocycles. The number of benzene rings is 2. The number of sulfone groups is 1. The predicted octanol–water partition coefficient (Wildman–Crippen LogP) is 3.94. The van der Waals surface area contributed by atoms with Gasteiger partial charge in [-0.2, -0.15) is 4.98 Å². The van der Waals surface area contributed by atoms with Gasteiger partial charge in [0.15, 0.2) is 9.84 Å². The Morgan fingerprint density at radius 1 is 1.08 bits per heavy atom. The van der Waals surface area contributed by atoms with Gasteiger partial charge < -0.3 is 10.6 Å². The van der Waals surface area contributed by atoms with Crippen LogP contribution in [0.3, 0.4) is 0 Å². The van der Waals surface area contributed by atoms with Gasteiger partial charge in [0.05, 0.1) is 16.2 Å². The maximum absolute atomic E-state index is 12.0. The number of aryl methyl sites for hydroxylation is 1. The van der Waals surface area contributed by atoms with Crippen LogP contribution in [0.25, 0.3) is 10.9 Å². The van der Waals surface area contributed by atoms with Crippen LogP contribution in [0.5, 0.6) is 0 Å². The highest BCUT2D eigenvalue weighted by atomic mass is 35.5. The largest absolute Gasteiger partial charge is 0.372 e. The van der Waals surface area contributed by atoms with Crippen molar-refractivity contribution in [1.29, 1.82) is 0 Å². The van der Waals surface area contributed by atoms with E-state index in [2.05, 4.69) is 20.6 Å². The summed E-state index contributed by atoms with van der Waals surface area (Å²) in [7, 11) is -1.41. The zero-order valence-corrected chi connectivity index (χ0v) is 16.4. The molecule has 3 rings (SSSR count). The van der Waals surface area contributed by atoms with Crippen molar-refractivity contribution in [2.45, 2.75) is 18.7 Å². The Labute approximate surface area is 159 Å². The quantitative estimate of drug-likeness (QED) is 0.684. The van der Waals surface area contributed by atoms with Gasteiger partial charge in [-0.3, -0.25) is 0 Å². The second kappa shape index (κ2) is 7.88. The monoisotopic (exact) mass is 392 g/mol. The van der Waals surface area contributed by atoms with Crippen LogP contribution in [-0.2, 0) is 9.84 Å². The van der Waals surface area contributed by atoms with E-state index < -0.39 is 9.84 Å². The van der Waals surface area contributed by atoms with Crippen molar-refractivity contribution in [2.24, 2.45) is 0 Å². The van der Waals surface area contributed by atoms with Crippen molar-refractivity contribution in [3.63, 3.8) is 0 Å². The van der Waals surface area contributed by atoms with E-state index in [0.717, 1.165) is 28.0 Å². The van der Waals surface area contributed by atoms with Gasteiger partial charge in [0.1, 0.15) is 5.82 Å². The van der Waals surface area contributed by atoms with E-state index in [1.807, 2.05) is 38.2 Å². The molecule has 0 amide bonds. The first kappa shape index (κ1) is 19.9. The van der Waals surface area contributed by atoms with Crippen LogP contribution >= 0.6 is 12.4 Å². The van der Waals surface area contributed by atoms with Crippen molar-refractivity contribution < 1.29 is 8.42 Å². The van der Waals surface area contributed by atoms with Crippen LogP contribution in [0.2, 0.25) is 0 Å². The molecule has 0 aliphatic rings. The van der Waals surface area contributed by atoms with Crippen molar-refractivity contribution in [3.05, 3.63) is 48.0 Å². The second-order valence-electron chi connectivity index (χ2n) is 5.67. The molecule has 0 unspecified atom stereocenters. The normalized spacial score (nSPS) is 11.0. The van der Waals surface area contributed by atoms with Gasteiger partial charge in [-0.1, -0.05) is 19.1 Å². The summed E-state index contributed by atoms with van der Waals surface area (Å²) in [6.45, 7) is 3.50. The SMILES string of the molecule is CCS(=O)(=O)c1ccc(Nc2nc(NC)c3ccccc3n2)c(C)c1.Cl. The number of nitrogens with one attached hydrogen (secondary N) is 2. The minimum Gasteiger partial charge on any atom is -0.372 e. The van der Waals surface area contributed by atoms with Gasteiger partial charge in [-0.05, 0) is 42.8 Å². The molecule has 138 valence electrons. The van der Waals surface area contributed by atoms with Crippen molar-refractivity contribution in [3.8, 4) is 0 Å². The molecule has 0 radical (unpaired) electrons. The lowest BCUT2D eigenvalue weighted by atomic mass is 10.2. The average Bonchev–Trinajstić information content (AvgIpc) is 2.62. The standard InChI is InChI=1S/C18H20N4O2S.ClH/c1-4-25(23,24)13-9-10-15(12(2)11-13)20-18-21-16-8-6-5-7-14(16)17(19-3)22-18;/h5-11H,4H2,1-3H3,(H2,19,20,21,22);1H. The van der Waals surface area contributed by atoms with Crippen molar-refractivity contribution in [1.82, 2.24) is 9.97 Å². The molecule has 8 heteroatoms. The molecule has 3 aromatic rings. The minimum absolute atomic E-state index is 0. The zero-order valence-electron chi connectivity index (χ0n) is 14.8. The summed E-state index contributed by atoms with van der Waals surface area (Å²) in [5.74, 6) is 1.27. The number of anilines is 3. The molecule has 0 aliphatic carbocycles. The summed E-state index contributed by atoms with van der Waals surface area (Å²) in [5, 5.41) is 7.20. The number of aromatic nitrogens is 2. The molecule has 0 atom stereocenters. The van der Waals surface area contributed by atoms with Crippen molar-refractivity contribution in [2.75, 3.05) is 23.4 Å². The Morgan fingerprint density at radius 3 is 2.46 bits per heavy atom. The lowest BCUT2D eigenvalue weighted by Crippen LogP contribution is -2.06. The van der Waals surface area contributed by atoms with E-state index in [4.69, 9.17) is 0 Å². The van der Waals surface area contributed by atoms with Crippen LogP contribution < -0.4 is 10.6 Å². The van der Waals surface area contributed by atoms with E-state index in [1.165, 1.54) is 0 Å². The van der Waals surface area contributed by atoms with Crippen LogP contribution in [0.1, 0.15) is 12.5 Å². The molecule has 0 spiro atoms. The topological polar surface area (TPSA) is 84.0 Å². The highest BCUT2D eigenvalue weighted by Gasteiger charge is 2.13. The highest BCUT2D eigenvalue weighted by molar-refractivity contribution is 7.91. The Hall–Kier alpha value is -2.38. The van der Waals surface area contributed by atoms with Gasteiger partial charge >= 0.3 is 0 Å². The second-order valence-corrected chi connectivity index (χ2v) is 7.95. The first-order valence-electron chi connectivity index (χ1n) is 7.99. The van der Waals surface area contributed by atoms with Crippen LogP contribution in [0.4, 0.5) is 17.5 Å². The fraction of sp³-hybridized carbons (Fsp3) is 0.222. The summed E-state index contributed by atoms with van der Waals surface area (Å²) >= 11 is 0. The third-order valence-electron chi connectivity index (χ3n) is 4.02. The molecule has 0 bridgehead atoms. The van der Waals surface area contributed by atoms with Gasteiger partial charge in [0.25, 0.3) is 0 Å². The number of hydrogen-bond donors (Lipinski definition) is 2. The van der Waals surface area contributed by atoms with E-state index in [0.29, 0.717) is 10.8 Å². The minimum atomic E-state index is -3.22. The highest BCUT2D eigenvalue weighted by Crippen LogP contribution is 2.26. The Balaban J connectivity index is 0.00000243. The number of rotatable bonds is 5. The zero-order chi connectivity index (χ0) is 18.0. The van der Waals surface area contributed by atoms with Gasteiger partial charge in [-0.25, -0.2) is 13.4 Å². The maximum Gasteiger partial charge on any atom is 0.229 e. The maximum atomic E-state index is 12.0. The van der Waals surface area contributed by atoms with Gasteiger partial charge in [-0.15, -0.1) is 12.4 Å². The molecule has 6 nitrogen and oxygen atoms in total. The number of nitrogens with zero attached hydrogens (tertiary/aromatic N) is 2. The molecular formula is C18H21ClN4O2S. The summed E-state index contributed by atoms with van der Waals surface area (Å²) in [6.07, 6.45) is 0. The molecule has 2 aromatic carbocycles. The number of fused-ring (bicyclic) bond motifs is 1. The van der Waals surface area contributed by atoms with Crippen LogP contribution in [0, 0.1) is 6.92 Å². The molecular weight excluding hydrogens is 372 g/mol. The van der Waals surface area contributed by atoms with E-state index in [9.17, 15) is 8.42 Å². The molecule has 2 N–H and O–H groups in total. The molecule has 1 aromatic heterocycles. The summed E-state index contributed by atoms with van der Waals surface area (Å²) in [4.78, 5) is 9.35. The Kier molecular flexibility index (Phi) is 6.05. The van der Waals surface area contributed by atoms with E-state index >= 15 is 0 Å². The Bertz CT molecular complexity index is 1040. The summed E-state index contributed by atoms with van der Waals surface area (Å²) < 4.78 is 24.0. The number of halogens is 1. The molecule has 1 heterocycles. The first-order chi connectivity index (χ1) is 11.9. The predicted molar refractivity (Wildman–Crippen MR) is 109 cm³/mol. The fourth-order valence-corrected chi connectivity index (χ4v) is 3.55. The lowest BCUT2D eigenvalue weighted by molar-refractivity contribution is 0.597. The molecule has 26 heavy (non-hydrogen) atoms. The summed E-state index contributed by atoms with van der Waals surface area (Å²) in [5.41, 5.74) is 2.41. The van der Waals surface area contributed by atoms with E-state index in [-0.39, 0.29) is 18.2 Å². The molecule has 0 saturated heterocycles.